The molecule has 0 saturated heterocycles. The first kappa shape index (κ1) is 15.7. The van der Waals surface area contributed by atoms with E-state index in [2.05, 4.69) is 36.3 Å². The van der Waals surface area contributed by atoms with Crippen LogP contribution in [0.25, 0.3) is 16.7 Å². The summed E-state index contributed by atoms with van der Waals surface area (Å²) >= 11 is 4.71. The van der Waals surface area contributed by atoms with Gasteiger partial charge in [0.05, 0.1) is 23.9 Å². The van der Waals surface area contributed by atoms with Crippen LogP contribution in [0.4, 0.5) is 5.69 Å². The second-order valence-electron chi connectivity index (χ2n) is 5.09. The van der Waals surface area contributed by atoms with Crippen LogP contribution in [0.5, 0.6) is 0 Å². The smallest absolute Gasteiger partial charge is 0.266 e. The highest BCUT2D eigenvalue weighted by molar-refractivity contribution is 9.10. The van der Waals surface area contributed by atoms with Crippen molar-refractivity contribution >= 4 is 49.9 Å². The zero-order valence-corrected chi connectivity index (χ0v) is 15.0. The molecule has 4 aromatic rings. The van der Waals surface area contributed by atoms with E-state index < -0.39 is 0 Å². The first-order valence-corrected chi connectivity index (χ1v) is 8.87. The van der Waals surface area contributed by atoms with Crippen LogP contribution in [0.2, 0.25) is 0 Å². The Morgan fingerprint density at radius 1 is 1.28 bits per heavy atom. The number of thiophene rings is 1. The average molecular weight is 416 g/mol. The Labute approximate surface area is 153 Å². The van der Waals surface area contributed by atoms with Gasteiger partial charge in [-0.2, -0.15) is 5.10 Å². The van der Waals surface area contributed by atoms with Crippen LogP contribution in [0.3, 0.4) is 0 Å². The van der Waals surface area contributed by atoms with Crippen molar-refractivity contribution in [3.05, 3.63) is 67.9 Å². The number of halogens is 1. The minimum absolute atomic E-state index is 0.225. The summed E-state index contributed by atoms with van der Waals surface area (Å²) in [6.45, 7) is 0. The standard InChI is InChI=1S/C16H10BrN5O2S/c17-10-5-6-25-13(10)16(24)21-11-3-1-2-4-12(11)22-14-9(7-20-22)15(23)19-8-18-14/h1-8H,(H,21,24)(H,18,19,23). The molecule has 124 valence electrons. The highest BCUT2D eigenvalue weighted by Crippen LogP contribution is 2.26. The number of benzene rings is 1. The second-order valence-corrected chi connectivity index (χ2v) is 6.86. The Hall–Kier alpha value is -2.78. The van der Waals surface area contributed by atoms with Crippen LogP contribution >= 0.6 is 27.3 Å². The lowest BCUT2D eigenvalue weighted by atomic mass is 10.2. The number of nitrogens with zero attached hydrogens (tertiary/aromatic N) is 3. The largest absolute Gasteiger partial charge is 0.319 e. The summed E-state index contributed by atoms with van der Waals surface area (Å²) < 4.78 is 2.27. The van der Waals surface area contributed by atoms with E-state index in [1.54, 1.807) is 12.1 Å². The summed E-state index contributed by atoms with van der Waals surface area (Å²) in [4.78, 5) is 31.6. The van der Waals surface area contributed by atoms with Gasteiger partial charge in [-0.3, -0.25) is 9.59 Å². The highest BCUT2D eigenvalue weighted by atomic mass is 79.9. The van der Waals surface area contributed by atoms with E-state index in [1.165, 1.54) is 28.5 Å². The van der Waals surface area contributed by atoms with Crippen LogP contribution in [0.1, 0.15) is 9.67 Å². The van der Waals surface area contributed by atoms with E-state index in [0.29, 0.717) is 27.3 Å². The molecule has 3 heterocycles. The van der Waals surface area contributed by atoms with E-state index >= 15 is 0 Å². The number of hydrogen-bond acceptors (Lipinski definition) is 5. The quantitative estimate of drug-likeness (QED) is 0.537. The Balaban J connectivity index is 1.79. The number of para-hydroxylation sites is 2. The number of aromatic nitrogens is 4. The van der Waals surface area contributed by atoms with Crippen molar-refractivity contribution in [1.29, 1.82) is 0 Å². The fourth-order valence-corrected chi connectivity index (χ4v) is 3.88. The lowest BCUT2D eigenvalue weighted by Gasteiger charge is -2.11. The molecule has 3 aromatic heterocycles. The molecule has 0 radical (unpaired) electrons. The van der Waals surface area contributed by atoms with Gasteiger partial charge in [-0.05, 0) is 39.5 Å². The first-order chi connectivity index (χ1) is 12.1. The highest BCUT2D eigenvalue weighted by Gasteiger charge is 2.16. The molecule has 0 bridgehead atoms. The Kier molecular flexibility index (Phi) is 3.94. The normalized spacial score (nSPS) is 10.9. The zero-order valence-electron chi connectivity index (χ0n) is 12.6. The third kappa shape index (κ3) is 2.77. The van der Waals surface area contributed by atoms with Gasteiger partial charge in [0, 0.05) is 4.47 Å². The van der Waals surface area contributed by atoms with E-state index in [-0.39, 0.29) is 11.5 Å². The number of rotatable bonds is 3. The van der Waals surface area contributed by atoms with Crippen molar-refractivity contribution in [2.75, 3.05) is 5.32 Å². The molecule has 0 fully saturated rings. The maximum Gasteiger partial charge on any atom is 0.266 e. The van der Waals surface area contributed by atoms with E-state index in [0.717, 1.165) is 4.47 Å². The van der Waals surface area contributed by atoms with E-state index in [9.17, 15) is 9.59 Å². The second kappa shape index (κ2) is 6.26. The summed E-state index contributed by atoms with van der Waals surface area (Å²) in [7, 11) is 0. The van der Waals surface area contributed by atoms with Gasteiger partial charge < -0.3 is 10.3 Å². The molecule has 1 amide bonds. The summed E-state index contributed by atoms with van der Waals surface area (Å²) in [6.07, 6.45) is 2.78. The van der Waals surface area contributed by atoms with Crippen molar-refractivity contribution in [3.8, 4) is 5.69 Å². The first-order valence-electron chi connectivity index (χ1n) is 7.20. The number of amides is 1. The lowest BCUT2D eigenvalue weighted by molar-refractivity contribution is 0.103. The maximum atomic E-state index is 12.5. The van der Waals surface area contributed by atoms with Crippen molar-refractivity contribution in [1.82, 2.24) is 19.7 Å². The molecule has 0 aliphatic rings. The summed E-state index contributed by atoms with van der Waals surface area (Å²) in [5.74, 6) is -0.225. The number of carbonyl (C=O) groups excluding carboxylic acids is 1. The van der Waals surface area contributed by atoms with E-state index in [4.69, 9.17) is 0 Å². The number of hydrogen-bond donors (Lipinski definition) is 2. The Morgan fingerprint density at radius 2 is 2.12 bits per heavy atom. The van der Waals surface area contributed by atoms with Crippen molar-refractivity contribution < 1.29 is 4.79 Å². The molecule has 0 atom stereocenters. The lowest BCUT2D eigenvalue weighted by Crippen LogP contribution is -2.13. The van der Waals surface area contributed by atoms with Gasteiger partial charge in [0.1, 0.15) is 10.3 Å². The van der Waals surface area contributed by atoms with Crippen LogP contribution in [-0.2, 0) is 0 Å². The van der Waals surface area contributed by atoms with Gasteiger partial charge in [-0.25, -0.2) is 9.67 Å². The summed E-state index contributed by atoms with van der Waals surface area (Å²) in [5, 5.41) is 9.35. The molecule has 2 N–H and O–H groups in total. The predicted octanol–water partition coefficient (Wildman–Crippen LogP) is 3.19. The molecule has 25 heavy (non-hydrogen) atoms. The van der Waals surface area contributed by atoms with Gasteiger partial charge >= 0.3 is 0 Å². The predicted molar refractivity (Wildman–Crippen MR) is 99.5 cm³/mol. The van der Waals surface area contributed by atoms with Crippen LogP contribution in [0.15, 0.2) is 57.5 Å². The van der Waals surface area contributed by atoms with Crippen LogP contribution < -0.4 is 10.9 Å². The van der Waals surface area contributed by atoms with Gasteiger partial charge in [0.15, 0.2) is 5.65 Å². The Bertz CT molecular complexity index is 1150. The fraction of sp³-hybridized carbons (Fsp3) is 0. The minimum Gasteiger partial charge on any atom is -0.319 e. The fourth-order valence-electron chi connectivity index (χ4n) is 2.43. The van der Waals surface area contributed by atoms with Gasteiger partial charge in [0.2, 0.25) is 0 Å². The monoisotopic (exact) mass is 415 g/mol. The molecule has 0 aliphatic carbocycles. The molecule has 4 rings (SSSR count). The third-order valence-electron chi connectivity index (χ3n) is 3.57. The van der Waals surface area contributed by atoms with Gasteiger partial charge in [-0.1, -0.05) is 12.1 Å². The SMILES string of the molecule is O=C(Nc1ccccc1-n1ncc2c(=O)[nH]cnc21)c1sccc1Br. The molecule has 7 nitrogen and oxygen atoms in total. The number of aromatic amines is 1. The van der Waals surface area contributed by atoms with Crippen molar-refractivity contribution in [3.63, 3.8) is 0 Å². The number of fused-ring (bicyclic) bond motifs is 1. The molecule has 0 unspecified atom stereocenters. The number of anilines is 1. The number of H-pyrrole nitrogens is 1. The number of nitrogens with one attached hydrogen (secondary N) is 2. The molecule has 0 aliphatic heterocycles. The minimum atomic E-state index is -0.264. The van der Waals surface area contributed by atoms with Gasteiger partial charge in [-0.15, -0.1) is 11.3 Å². The molecule has 1 aromatic carbocycles. The summed E-state index contributed by atoms with van der Waals surface area (Å²) in [5.41, 5.74) is 1.35. The van der Waals surface area contributed by atoms with E-state index in [1.807, 2.05) is 23.6 Å². The molecule has 0 saturated carbocycles. The summed E-state index contributed by atoms with van der Waals surface area (Å²) in [6, 6.07) is 9.04. The van der Waals surface area contributed by atoms with Crippen LogP contribution in [-0.4, -0.2) is 25.7 Å². The zero-order chi connectivity index (χ0) is 17.4. The molecule has 9 heteroatoms. The maximum absolute atomic E-state index is 12.5. The van der Waals surface area contributed by atoms with Crippen molar-refractivity contribution in [2.45, 2.75) is 0 Å². The van der Waals surface area contributed by atoms with Crippen LogP contribution in [0, 0.1) is 0 Å². The average Bonchev–Trinajstić information content (AvgIpc) is 3.22. The Morgan fingerprint density at radius 3 is 2.92 bits per heavy atom. The molecular formula is C16H10BrN5O2S. The molecular weight excluding hydrogens is 406 g/mol. The third-order valence-corrected chi connectivity index (χ3v) is 5.41. The topological polar surface area (TPSA) is 92.7 Å². The number of carbonyl (C=O) groups is 1. The van der Waals surface area contributed by atoms with Crippen molar-refractivity contribution in [2.24, 2.45) is 0 Å². The molecule has 0 spiro atoms. The van der Waals surface area contributed by atoms with Gasteiger partial charge in [0.25, 0.3) is 11.5 Å².